The van der Waals surface area contributed by atoms with Gasteiger partial charge in [-0.15, -0.1) is 0 Å². The fourth-order valence-corrected chi connectivity index (χ4v) is 2.58. The van der Waals surface area contributed by atoms with Crippen molar-refractivity contribution in [3.05, 3.63) is 42.1 Å². The number of hydrogen-bond acceptors (Lipinski definition) is 5. The highest BCUT2D eigenvalue weighted by Crippen LogP contribution is 2.12. The lowest BCUT2D eigenvalue weighted by Gasteiger charge is -2.23. The number of benzene rings is 1. The van der Waals surface area contributed by atoms with Crippen molar-refractivity contribution in [2.45, 2.75) is 52.7 Å². The van der Waals surface area contributed by atoms with Gasteiger partial charge in [-0.25, -0.2) is 10.2 Å². The maximum absolute atomic E-state index is 12.5. The first-order chi connectivity index (χ1) is 13.1. The number of hydrazone groups is 1. The lowest BCUT2D eigenvalue weighted by Crippen LogP contribution is -2.47. The molecule has 1 atom stereocenters. The molecule has 2 amide bonds. The number of carbonyl (C=O) groups is 2. The largest absolute Gasteiger partial charge is 0.444 e. The van der Waals surface area contributed by atoms with Crippen molar-refractivity contribution in [2.24, 2.45) is 11.0 Å². The second-order valence-electron chi connectivity index (χ2n) is 8.02. The third kappa shape index (κ3) is 6.98. The summed E-state index contributed by atoms with van der Waals surface area (Å²) in [6.07, 6.45) is 3.15. The molecular formula is C21H28N4O3. The van der Waals surface area contributed by atoms with Gasteiger partial charge in [0, 0.05) is 11.6 Å². The van der Waals surface area contributed by atoms with Crippen LogP contribution in [-0.2, 0) is 9.53 Å². The van der Waals surface area contributed by atoms with Crippen molar-refractivity contribution in [1.29, 1.82) is 0 Å². The first-order valence-corrected chi connectivity index (χ1v) is 9.31. The Morgan fingerprint density at radius 1 is 1.25 bits per heavy atom. The quantitative estimate of drug-likeness (QED) is 0.588. The minimum Gasteiger partial charge on any atom is -0.444 e. The van der Waals surface area contributed by atoms with Crippen LogP contribution in [0.1, 0.15) is 46.6 Å². The molecule has 2 rings (SSSR count). The molecule has 0 fully saturated rings. The number of carbonyl (C=O) groups excluding carboxylic acids is 2. The topological polar surface area (TPSA) is 92.7 Å². The van der Waals surface area contributed by atoms with Gasteiger partial charge in [0.1, 0.15) is 11.6 Å². The Morgan fingerprint density at radius 2 is 2.00 bits per heavy atom. The van der Waals surface area contributed by atoms with E-state index >= 15 is 0 Å². The van der Waals surface area contributed by atoms with E-state index < -0.39 is 23.6 Å². The van der Waals surface area contributed by atoms with Crippen LogP contribution < -0.4 is 10.7 Å². The number of fused-ring (bicyclic) bond motifs is 1. The summed E-state index contributed by atoms with van der Waals surface area (Å²) in [6, 6.07) is 8.79. The molecule has 28 heavy (non-hydrogen) atoms. The SMILES string of the molecule is CC(C)C[C@H](NC(=O)OC(C)(C)C)C(=O)NN=Cc1ccc2ncccc2c1. The summed E-state index contributed by atoms with van der Waals surface area (Å²) in [6.45, 7) is 9.27. The van der Waals surface area contributed by atoms with Gasteiger partial charge in [-0.1, -0.05) is 26.0 Å². The van der Waals surface area contributed by atoms with Crippen LogP contribution >= 0.6 is 0 Å². The number of alkyl carbamates (subject to hydrolysis) is 1. The number of nitrogens with zero attached hydrogens (tertiary/aromatic N) is 2. The van der Waals surface area contributed by atoms with Crippen LogP contribution in [0.5, 0.6) is 0 Å². The van der Waals surface area contributed by atoms with Crippen LogP contribution in [0.4, 0.5) is 4.79 Å². The molecule has 150 valence electrons. The van der Waals surface area contributed by atoms with E-state index in [1.807, 2.05) is 44.2 Å². The van der Waals surface area contributed by atoms with Gasteiger partial charge in [-0.3, -0.25) is 9.78 Å². The van der Waals surface area contributed by atoms with Gasteiger partial charge >= 0.3 is 6.09 Å². The monoisotopic (exact) mass is 384 g/mol. The lowest BCUT2D eigenvalue weighted by atomic mass is 10.0. The van der Waals surface area contributed by atoms with Crippen LogP contribution in [0.15, 0.2) is 41.6 Å². The second-order valence-corrected chi connectivity index (χ2v) is 8.02. The number of nitrogens with one attached hydrogen (secondary N) is 2. The van der Waals surface area contributed by atoms with Crippen LogP contribution in [0, 0.1) is 5.92 Å². The molecule has 1 aromatic carbocycles. The third-order valence-electron chi connectivity index (χ3n) is 3.73. The van der Waals surface area contributed by atoms with E-state index in [1.165, 1.54) is 0 Å². The molecule has 1 heterocycles. The molecule has 7 nitrogen and oxygen atoms in total. The van der Waals surface area contributed by atoms with Gasteiger partial charge < -0.3 is 10.1 Å². The summed E-state index contributed by atoms with van der Waals surface area (Å²) in [5.74, 6) is -0.180. The first-order valence-electron chi connectivity index (χ1n) is 9.31. The highest BCUT2D eigenvalue weighted by atomic mass is 16.6. The Kier molecular flexibility index (Phi) is 7.09. The number of hydrogen-bond donors (Lipinski definition) is 2. The summed E-state index contributed by atoms with van der Waals surface area (Å²) in [7, 11) is 0. The Bertz CT molecular complexity index is 856. The zero-order chi connectivity index (χ0) is 20.7. The molecule has 0 bridgehead atoms. The fourth-order valence-electron chi connectivity index (χ4n) is 2.58. The van der Waals surface area contributed by atoms with Crippen LogP contribution in [-0.4, -0.2) is 34.8 Å². The molecular weight excluding hydrogens is 356 g/mol. The molecule has 0 aliphatic heterocycles. The molecule has 0 aliphatic carbocycles. The Labute approximate surface area is 165 Å². The van der Waals surface area contributed by atoms with Crippen molar-refractivity contribution >= 4 is 29.1 Å². The van der Waals surface area contributed by atoms with Crippen molar-refractivity contribution in [2.75, 3.05) is 0 Å². The van der Waals surface area contributed by atoms with Crippen molar-refractivity contribution in [3.63, 3.8) is 0 Å². The van der Waals surface area contributed by atoms with Crippen molar-refractivity contribution in [3.8, 4) is 0 Å². The Morgan fingerprint density at radius 3 is 2.68 bits per heavy atom. The number of amides is 2. The minimum atomic E-state index is -0.729. The highest BCUT2D eigenvalue weighted by molar-refractivity contribution is 5.90. The molecule has 2 aromatic rings. The molecule has 0 saturated heterocycles. The normalized spacial score (nSPS) is 12.9. The predicted molar refractivity (Wildman–Crippen MR) is 110 cm³/mol. The summed E-state index contributed by atoms with van der Waals surface area (Å²) in [5.41, 5.74) is 3.59. The molecule has 2 N–H and O–H groups in total. The van der Waals surface area contributed by atoms with Crippen LogP contribution in [0.25, 0.3) is 10.9 Å². The fraction of sp³-hybridized carbons (Fsp3) is 0.429. The number of aromatic nitrogens is 1. The van der Waals surface area contributed by atoms with E-state index in [1.54, 1.807) is 33.2 Å². The van der Waals surface area contributed by atoms with Gasteiger partial charge in [0.25, 0.3) is 5.91 Å². The molecule has 0 saturated carbocycles. The molecule has 0 radical (unpaired) electrons. The summed E-state index contributed by atoms with van der Waals surface area (Å²) < 4.78 is 5.24. The number of ether oxygens (including phenoxy) is 1. The van der Waals surface area contributed by atoms with E-state index in [4.69, 9.17) is 4.74 Å². The van der Waals surface area contributed by atoms with Gasteiger partial charge in [-0.2, -0.15) is 5.10 Å². The second kappa shape index (κ2) is 9.30. The smallest absolute Gasteiger partial charge is 0.408 e. The maximum Gasteiger partial charge on any atom is 0.408 e. The summed E-state index contributed by atoms with van der Waals surface area (Å²) >= 11 is 0. The standard InChI is InChI=1S/C21H28N4O3/c1-14(2)11-18(24-20(27)28-21(3,4)5)19(26)25-23-13-15-8-9-17-16(12-15)7-6-10-22-17/h6-10,12-14,18H,11H2,1-5H3,(H,24,27)(H,25,26)/t18-/m0/s1. The molecule has 0 aliphatic rings. The van der Waals surface area contributed by atoms with Crippen LogP contribution in [0.2, 0.25) is 0 Å². The van der Waals surface area contributed by atoms with Crippen LogP contribution in [0.3, 0.4) is 0 Å². The average molecular weight is 384 g/mol. The van der Waals surface area contributed by atoms with Gasteiger partial charge in [-0.05, 0) is 56.9 Å². The van der Waals surface area contributed by atoms with E-state index in [0.29, 0.717) is 6.42 Å². The van der Waals surface area contributed by atoms with Crippen molar-refractivity contribution in [1.82, 2.24) is 15.7 Å². The third-order valence-corrected chi connectivity index (χ3v) is 3.73. The molecule has 0 unspecified atom stereocenters. The van der Waals surface area contributed by atoms with E-state index in [9.17, 15) is 9.59 Å². The minimum absolute atomic E-state index is 0.211. The predicted octanol–water partition coefficient (Wildman–Crippen LogP) is 3.62. The molecule has 0 spiro atoms. The summed E-state index contributed by atoms with van der Waals surface area (Å²) in [5, 5.41) is 7.63. The zero-order valence-electron chi connectivity index (χ0n) is 17.0. The maximum atomic E-state index is 12.5. The molecule has 1 aromatic heterocycles. The van der Waals surface area contributed by atoms with E-state index in [0.717, 1.165) is 16.5 Å². The van der Waals surface area contributed by atoms with Gasteiger partial charge in [0.05, 0.1) is 11.7 Å². The number of rotatable bonds is 6. The van der Waals surface area contributed by atoms with Gasteiger partial charge in [0.15, 0.2) is 0 Å². The highest BCUT2D eigenvalue weighted by Gasteiger charge is 2.24. The average Bonchev–Trinajstić information content (AvgIpc) is 2.59. The zero-order valence-corrected chi connectivity index (χ0v) is 17.0. The molecule has 7 heteroatoms. The Balaban J connectivity index is 2.00. The van der Waals surface area contributed by atoms with Crippen molar-refractivity contribution < 1.29 is 14.3 Å². The van der Waals surface area contributed by atoms with E-state index in [2.05, 4.69) is 20.8 Å². The lowest BCUT2D eigenvalue weighted by molar-refractivity contribution is -0.123. The summed E-state index contributed by atoms with van der Waals surface area (Å²) in [4.78, 5) is 28.8. The van der Waals surface area contributed by atoms with E-state index in [-0.39, 0.29) is 5.92 Å². The first kappa shape index (κ1) is 21.3. The Hall–Kier alpha value is -2.96. The number of pyridine rings is 1. The van der Waals surface area contributed by atoms with Gasteiger partial charge in [0.2, 0.25) is 0 Å².